The van der Waals surface area contributed by atoms with Gasteiger partial charge in [-0.15, -0.1) is 13.2 Å². The quantitative estimate of drug-likeness (QED) is 0.841. The second-order valence-electron chi connectivity index (χ2n) is 4.51. The number of ether oxygens (including phenoxy) is 1. The van der Waals surface area contributed by atoms with Crippen molar-refractivity contribution in [2.75, 3.05) is 0 Å². The smallest absolute Gasteiger partial charge is 0.406 e. The van der Waals surface area contributed by atoms with Crippen LogP contribution in [0.25, 0.3) is 0 Å². The Kier molecular flexibility index (Phi) is 4.01. The van der Waals surface area contributed by atoms with Crippen LogP contribution in [0.3, 0.4) is 0 Å². The number of alkyl halides is 6. The van der Waals surface area contributed by atoms with Crippen molar-refractivity contribution >= 4 is 12.1 Å². The molecule has 0 fully saturated rings. The third-order valence-electron chi connectivity index (χ3n) is 2.90. The van der Waals surface area contributed by atoms with Crippen molar-refractivity contribution in [2.45, 2.75) is 24.7 Å². The number of halogens is 6. The van der Waals surface area contributed by atoms with E-state index in [4.69, 9.17) is 0 Å². The molecule has 0 unspecified atom stereocenters. The molecule has 1 aliphatic heterocycles. The highest BCUT2D eigenvalue weighted by atomic mass is 19.4. The third-order valence-corrected chi connectivity index (χ3v) is 2.90. The highest BCUT2D eigenvalue weighted by molar-refractivity contribution is 5.95. The molecule has 1 aromatic rings. The predicted octanol–water partition coefficient (Wildman–Crippen LogP) is 2.67. The first kappa shape index (κ1) is 17.1. The highest BCUT2D eigenvalue weighted by Gasteiger charge is 2.61. The fourth-order valence-electron chi connectivity index (χ4n) is 1.81. The van der Waals surface area contributed by atoms with Crippen LogP contribution in [0.15, 0.2) is 29.4 Å². The van der Waals surface area contributed by atoms with Gasteiger partial charge in [0.15, 0.2) is 0 Å². The van der Waals surface area contributed by atoms with Gasteiger partial charge in [-0.3, -0.25) is 4.79 Å². The van der Waals surface area contributed by atoms with Crippen molar-refractivity contribution in [3.8, 4) is 5.75 Å². The largest absolute Gasteiger partial charge is 0.573 e. The van der Waals surface area contributed by atoms with E-state index < -0.39 is 41.9 Å². The molecule has 11 heteroatoms. The van der Waals surface area contributed by atoms with E-state index >= 15 is 0 Å². The van der Waals surface area contributed by atoms with E-state index in [0.717, 1.165) is 24.3 Å². The minimum Gasteiger partial charge on any atom is -0.406 e. The van der Waals surface area contributed by atoms with Crippen LogP contribution in [-0.2, 0) is 0 Å². The molecule has 0 aliphatic carbocycles. The topological polar surface area (TPSA) is 62.1 Å². The number of aliphatic hydroxyl groups is 1. The maximum Gasteiger partial charge on any atom is 0.573 e. The third kappa shape index (κ3) is 3.38. The van der Waals surface area contributed by atoms with E-state index in [9.17, 15) is 36.2 Å². The van der Waals surface area contributed by atoms with Crippen LogP contribution in [0.1, 0.15) is 16.8 Å². The van der Waals surface area contributed by atoms with E-state index in [1.165, 1.54) is 0 Å². The maximum atomic E-state index is 12.9. The van der Waals surface area contributed by atoms with Crippen molar-refractivity contribution in [3.05, 3.63) is 29.8 Å². The van der Waals surface area contributed by atoms with E-state index in [1.54, 1.807) is 0 Å². The van der Waals surface area contributed by atoms with Crippen molar-refractivity contribution in [1.82, 2.24) is 5.01 Å². The first-order chi connectivity index (χ1) is 10.4. The molecule has 126 valence electrons. The Morgan fingerprint density at radius 3 is 2.22 bits per heavy atom. The first-order valence-corrected chi connectivity index (χ1v) is 5.96. The molecule has 0 saturated carbocycles. The highest BCUT2D eigenvalue weighted by Crippen LogP contribution is 2.39. The number of benzene rings is 1. The van der Waals surface area contributed by atoms with E-state index in [-0.39, 0.29) is 5.01 Å². The van der Waals surface area contributed by atoms with Gasteiger partial charge in [0, 0.05) is 18.2 Å². The summed E-state index contributed by atoms with van der Waals surface area (Å²) in [6.45, 7) is 0. The summed E-state index contributed by atoms with van der Waals surface area (Å²) in [5.41, 5.74) is -3.90. The van der Waals surface area contributed by atoms with Crippen LogP contribution in [0.2, 0.25) is 0 Å². The summed E-state index contributed by atoms with van der Waals surface area (Å²) in [7, 11) is 0. The molecule has 1 N–H and O–H groups in total. The molecule has 1 heterocycles. The van der Waals surface area contributed by atoms with Crippen LogP contribution < -0.4 is 4.74 Å². The molecule has 1 amide bonds. The summed E-state index contributed by atoms with van der Waals surface area (Å²) in [5, 5.41) is 12.6. The van der Waals surface area contributed by atoms with Gasteiger partial charge in [0.05, 0.1) is 0 Å². The summed E-state index contributed by atoms with van der Waals surface area (Å²) >= 11 is 0. The molecule has 0 spiro atoms. The molecular weight excluding hydrogens is 334 g/mol. The van der Waals surface area contributed by atoms with E-state index in [1.807, 2.05) is 0 Å². The zero-order valence-electron chi connectivity index (χ0n) is 11.0. The van der Waals surface area contributed by atoms with Gasteiger partial charge in [-0.05, 0) is 24.3 Å². The maximum absolute atomic E-state index is 12.9. The average Bonchev–Trinajstić information content (AvgIpc) is 2.80. The molecule has 5 nitrogen and oxygen atoms in total. The first-order valence-electron chi connectivity index (χ1n) is 5.96. The molecule has 0 radical (unpaired) electrons. The van der Waals surface area contributed by atoms with Crippen molar-refractivity contribution in [3.63, 3.8) is 0 Å². The standard InChI is InChI=1S/C12H8F6N2O3/c13-11(14,15)10(22)5-6-19-20(10)9(21)7-1-3-8(4-2-7)23-12(16,17)18/h1-4,6,22H,5H2/t10-/m1/s1. The molecule has 0 bridgehead atoms. The second kappa shape index (κ2) is 5.41. The van der Waals surface area contributed by atoms with Gasteiger partial charge in [0.25, 0.3) is 11.6 Å². The lowest BCUT2D eigenvalue weighted by molar-refractivity contribution is -0.297. The van der Waals surface area contributed by atoms with E-state index in [0.29, 0.717) is 6.21 Å². The summed E-state index contributed by atoms with van der Waals surface area (Å²) in [4.78, 5) is 12.0. The number of carbonyl (C=O) groups excluding carboxylic acids is 1. The summed E-state index contributed by atoms with van der Waals surface area (Å²) in [5.74, 6) is -1.97. The minimum atomic E-state index is -5.15. The minimum absolute atomic E-state index is 0.160. The van der Waals surface area contributed by atoms with Gasteiger partial charge >= 0.3 is 12.5 Å². The van der Waals surface area contributed by atoms with Gasteiger partial charge in [-0.1, -0.05) is 0 Å². The molecule has 23 heavy (non-hydrogen) atoms. The number of nitrogens with zero attached hydrogens (tertiary/aromatic N) is 2. The lowest BCUT2D eigenvalue weighted by Crippen LogP contribution is -2.56. The fourth-order valence-corrected chi connectivity index (χ4v) is 1.81. The van der Waals surface area contributed by atoms with Crippen molar-refractivity contribution < 1.29 is 41.0 Å². The number of amides is 1. The summed E-state index contributed by atoms with van der Waals surface area (Å²) in [6, 6.07) is 3.17. The Bertz CT molecular complexity index is 625. The molecule has 0 saturated heterocycles. The van der Waals surface area contributed by atoms with Crippen LogP contribution in [-0.4, -0.2) is 40.5 Å². The molecule has 2 rings (SSSR count). The number of hydrogen-bond donors (Lipinski definition) is 1. The number of hydrogen-bond acceptors (Lipinski definition) is 4. The number of rotatable bonds is 2. The van der Waals surface area contributed by atoms with Gasteiger partial charge in [0.1, 0.15) is 5.75 Å². The van der Waals surface area contributed by atoms with Gasteiger partial charge in [-0.2, -0.15) is 23.3 Å². The lowest BCUT2D eigenvalue weighted by Gasteiger charge is -2.32. The van der Waals surface area contributed by atoms with Crippen LogP contribution in [0, 0.1) is 0 Å². The van der Waals surface area contributed by atoms with Gasteiger partial charge in [0.2, 0.25) is 0 Å². The monoisotopic (exact) mass is 342 g/mol. The fraction of sp³-hybridized carbons (Fsp3) is 0.333. The number of hydrazone groups is 1. The van der Waals surface area contributed by atoms with Crippen LogP contribution in [0.5, 0.6) is 5.75 Å². The lowest BCUT2D eigenvalue weighted by atomic mass is 10.1. The van der Waals surface area contributed by atoms with Gasteiger partial charge < -0.3 is 9.84 Å². The van der Waals surface area contributed by atoms with Gasteiger partial charge in [-0.25, -0.2) is 0 Å². The van der Waals surface area contributed by atoms with Crippen LogP contribution in [0.4, 0.5) is 26.3 Å². The van der Waals surface area contributed by atoms with Crippen molar-refractivity contribution in [2.24, 2.45) is 5.10 Å². The molecule has 1 atom stereocenters. The predicted molar refractivity (Wildman–Crippen MR) is 63.4 cm³/mol. The van der Waals surface area contributed by atoms with E-state index in [2.05, 4.69) is 9.84 Å². The zero-order chi connectivity index (χ0) is 17.5. The summed E-state index contributed by atoms with van der Waals surface area (Å²) in [6.07, 6.45) is -10.3. The Morgan fingerprint density at radius 2 is 1.74 bits per heavy atom. The molecular formula is C12H8F6N2O3. The number of carbonyl (C=O) groups is 1. The Labute approximate surface area is 124 Å². The normalized spacial score (nSPS) is 21.6. The Balaban J connectivity index is 2.22. The SMILES string of the molecule is O=C(c1ccc(OC(F)(F)F)cc1)N1N=CC[C@@]1(O)C(F)(F)F. The molecule has 0 aromatic heterocycles. The van der Waals surface area contributed by atoms with Crippen LogP contribution >= 0.6 is 0 Å². The zero-order valence-corrected chi connectivity index (χ0v) is 11.0. The second-order valence-corrected chi connectivity index (χ2v) is 4.51. The average molecular weight is 342 g/mol. The molecule has 1 aliphatic rings. The Morgan fingerprint density at radius 1 is 1.17 bits per heavy atom. The van der Waals surface area contributed by atoms with Crippen molar-refractivity contribution in [1.29, 1.82) is 0 Å². The Hall–Kier alpha value is -2.30. The summed E-state index contributed by atoms with van der Waals surface area (Å²) < 4.78 is 78.1. The molecule has 1 aromatic carbocycles.